The minimum Gasteiger partial charge on any atom is -0.464 e. The maximum absolute atomic E-state index is 11.6. The van der Waals surface area contributed by atoms with Crippen molar-refractivity contribution in [3.05, 3.63) is 29.8 Å². The fourth-order valence-electron chi connectivity index (χ4n) is 2.36. The van der Waals surface area contributed by atoms with Gasteiger partial charge in [0.15, 0.2) is 6.10 Å². The van der Waals surface area contributed by atoms with E-state index in [2.05, 4.69) is 4.90 Å². The van der Waals surface area contributed by atoms with Crippen molar-refractivity contribution in [2.45, 2.75) is 19.1 Å². The molecule has 2 rings (SSSR count). The molecule has 2 N–H and O–H groups in total. The molecule has 1 fully saturated rings. The van der Waals surface area contributed by atoms with E-state index in [4.69, 9.17) is 9.47 Å². The molecule has 0 bridgehead atoms. The van der Waals surface area contributed by atoms with Gasteiger partial charge in [0.05, 0.1) is 19.8 Å². The Morgan fingerprint density at radius 2 is 2.00 bits per heavy atom. The Morgan fingerprint density at radius 1 is 1.33 bits per heavy atom. The predicted octanol–water partition coefficient (Wildman–Crippen LogP) is 0.481. The van der Waals surface area contributed by atoms with Crippen LogP contribution in [0, 0.1) is 0 Å². The van der Waals surface area contributed by atoms with Crippen LogP contribution in [0.2, 0.25) is 0 Å². The number of carbonyl (C=O) groups is 1. The molecule has 0 saturated carbocycles. The van der Waals surface area contributed by atoms with Crippen LogP contribution in [0.4, 0.5) is 5.69 Å². The molecule has 0 amide bonds. The molecule has 1 heterocycles. The van der Waals surface area contributed by atoms with Gasteiger partial charge in [-0.1, -0.05) is 18.2 Å². The van der Waals surface area contributed by atoms with Gasteiger partial charge in [0.2, 0.25) is 0 Å². The van der Waals surface area contributed by atoms with Crippen LogP contribution < -0.4 is 4.90 Å². The van der Waals surface area contributed by atoms with Crippen LogP contribution in [-0.2, 0) is 14.3 Å². The largest absolute Gasteiger partial charge is 0.464 e. The van der Waals surface area contributed by atoms with E-state index in [1.54, 1.807) is 19.1 Å². The standard InChI is InChI=1S/C15H21NO5/c1-2-21-15(19)14(18)13(17)11-5-3-4-6-12(11)16-7-9-20-10-8-16/h3-6,13-14,17-18H,2,7-10H2,1H3. The lowest BCUT2D eigenvalue weighted by Gasteiger charge is -2.32. The van der Waals surface area contributed by atoms with Crippen molar-refractivity contribution in [1.82, 2.24) is 0 Å². The number of nitrogens with zero attached hydrogens (tertiary/aromatic N) is 1. The molecular weight excluding hydrogens is 274 g/mol. The summed E-state index contributed by atoms with van der Waals surface area (Å²) in [5, 5.41) is 20.2. The third-order valence-corrected chi connectivity index (χ3v) is 3.43. The number of morpholine rings is 1. The van der Waals surface area contributed by atoms with Crippen molar-refractivity contribution in [3.63, 3.8) is 0 Å². The summed E-state index contributed by atoms with van der Waals surface area (Å²) in [4.78, 5) is 13.6. The topological polar surface area (TPSA) is 79.2 Å². The molecule has 21 heavy (non-hydrogen) atoms. The summed E-state index contributed by atoms with van der Waals surface area (Å²) in [5.41, 5.74) is 1.32. The molecule has 0 aromatic heterocycles. The van der Waals surface area contributed by atoms with Gasteiger partial charge < -0.3 is 24.6 Å². The minimum atomic E-state index is -1.59. The van der Waals surface area contributed by atoms with E-state index in [1.165, 1.54) is 0 Å². The molecule has 6 heteroatoms. The van der Waals surface area contributed by atoms with Gasteiger partial charge in [0.25, 0.3) is 0 Å². The summed E-state index contributed by atoms with van der Waals surface area (Å²) in [6.07, 6.45) is -2.91. The second-order valence-corrected chi connectivity index (χ2v) is 4.80. The summed E-state index contributed by atoms with van der Waals surface area (Å²) >= 11 is 0. The third-order valence-electron chi connectivity index (χ3n) is 3.43. The Hall–Kier alpha value is -1.63. The quantitative estimate of drug-likeness (QED) is 0.769. The van der Waals surface area contributed by atoms with Gasteiger partial charge in [0.1, 0.15) is 6.10 Å². The number of esters is 1. The first-order valence-corrected chi connectivity index (χ1v) is 7.09. The number of aliphatic hydroxyl groups is 2. The lowest BCUT2D eigenvalue weighted by molar-refractivity contribution is -0.159. The van der Waals surface area contributed by atoms with Crippen LogP contribution in [0.3, 0.4) is 0 Å². The molecule has 1 aliphatic rings. The minimum absolute atomic E-state index is 0.160. The number of hydrogen-bond acceptors (Lipinski definition) is 6. The monoisotopic (exact) mass is 295 g/mol. The van der Waals surface area contributed by atoms with E-state index >= 15 is 0 Å². The molecule has 1 aromatic rings. The zero-order chi connectivity index (χ0) is 15.2. The maximum Gasteiger partial charge on any atom is 0.338 e. The van der Waals surface area contributed by atoms with Crippen molar-refractivity contribution in [1.29, 1.82) is 0 Å². The summed E-state index contributed by atoms with van der Waals surface area (Å²) in [6, 6.07) is 7.19. The van der Waals surface area contributed by atoms with Crippen LogP contribution in [0.5, 0.6) is 0 Å². The molecule has 0 radical (unpaired) electrons. The average molecular weight is 295 g/mol. The number of carbonyl (C=O) groups excluding carboxylic acids is 1. The number of anilines is 1. The number of rotatable bonds is 5. The molecule has 0 spiro atoms. The highest BCUT2D eigenvalue weighted by molar-refractivity contribution is 5.76. The molecule has 2 atom stereocenters. The maximum atomic E-state index is 11.6. The van der Waals surface area contributed by atoms with Crippen LogP contribution in [-0.4, -0.2) is 55.2 Å². The van der Waals surface area contributed by atoms with Crippen LogP contribution in [0.15, 0.2) is 24.3 Å². The number of para-hydroxylation sites is 1. The predicted molar refractivity (Wildman–Crippen MR) is 77.1 cm³/mol. The molecule has 1 saturated heterocycles. The van der Waals surface area contributed by atoms with Gasteiger partial charge in [-0.05, 0) is 13.0 Å². The Bertz CT molecular complexity index is 473. The summed E-state index contributed by atoms with van der Waals surface area (Å²) < 4.78 is 10.1. The second kappa shape index (κ2) is 7.40. The second-order valence-electron chi connectivity index (χ2n) is 4.80. The van der Waals surface area contributed by atoms with E-state index in [0.717, 1.165) is 5.69 Å². The molecule has 6 nitrogen and oxygen atoms in total. The van der Waals surface area contributed by atoms with Crippen LogP contribution >= 0.6 is 0 Å². The molecule has 116 valence electrons. The van der Waals surface area contributed by atoms with Gasteiger partial charge in [-0.15, -0.1) is 0 Å². The Labute approximate surface area is 123 Å². The number of ether oxygens (including phenoxy) is 2. The van der Waals surface area contributed by atoms with Gasteiger partial charge >= 0.3 is 5.97 Å². The van der Waals surface area contributed by atoms with E-state index in [9.17, 15) is 15.0 Å². The fourth-order valence-corrected chi connectivity index (χ4v) is 2.36. The van der Waals surface area contributed by atoms with E-state index in [0.29, 0.717) is 31.9 Å². The Kier molecular flexibility index (Phi) is 5.55. The van der Waals surface area contributed by atoms with Crippen molar-refractivity contribution in [2.24, 2.45) is 0 Å². The van der Waals surface area contributed by atoms with E-state index < -0.39 is 18.2 Å². The molecule has 2 unspecified atom stereocenters. The van der Waals surface area contributed by atoms with Crippen molar-refractivity contribution < 1.29 is 24.5 Å². The van der Waals surface area contributed by atoms with Crippen LogP contribution in [0.25, 0.3) is 0 Å². The van der Waals surface area contributed by atoms with Crippen molar-refractivity contribution >= 4 is 11.7 Å². The van der Waals surface area contributed by atoms with Gasteiger partial charge in [-0.2, -0.15) is 0 Å². The number of aliphatic hydroxyl groups excluding tert-OH is 2. The summed E-state index contributed by atoms with van der Waals surface area (Å²) in [6.45, 7) is 4.46. The zero-order valence-electron chi connectivity index (χ0n) is 12.1. The fraction of sp³-hybridized carbons (Fsp3) is 0.533. The first-order valence-electron chi connectivity index (χ1n) is 7.09. The van der Waals surface area contributed by atoms with Crippen molar-refractivity contribution in [3.8, 4) is 0 Å². The van der Waals surface area contributed by atoms with Gasteiger partial charge in [0, 0.05) is 24.3 Å². The molecule has 1 aromatic carbocycles. The highest BCUT2D eigenvalue weighted by Crippen LogP contribution is 2.29. The molecule has 1 aliphatic heterocycles. The normalized spacial score (nSPS) is 18.1. The average Bonchev–Trinajstić information content (AvgIpc) is 2.54. The third kappa shape index (κ3) is 3.72. The highest BCUT2D eigenvalue weighted by Gasteiger charge is 2.29. The van der Waals surface area contributed by atoms with Crippen molar-refractivity contribution in [2.75, 3.05) is 37.8 Å². The SMILES string of the molecule is CCOC(=O)C(O)C(O)c1ccccc1N1CCOCC1. The van der Waals surface area contributed by atoms with Crippen LogP contribution in [0.1, 0.15) is 18.6 Å². The number of benzene rings is 1. The molecular formula is C15H21NO5. The number of hydrogen-bond donors (Lipinski definition) is 2. The lowest BCUT2D eigenvalue weighted by atomic mass is 10.0. The van der Waals surface area contributed by atoms with Gasteiger partial charge in [-0.25, -0.2) is 4.79 Å². The highest BCUT2D eigenvalue weighted by atomic mass is 16.5. The van der Waals surface area contributed by atoms with E-state index in [1.807, 2.05) is 12.1 Å². The molecule has 0 aliphatic carbocycles. The summed E-state index contributed by atoms with van der Waals surface area (Å²) in [7, 11) is 0. The lowest BCUT2D eigenvalue weighted by Crippen LogP contribution is -2.38. The smallest absolute Gasteiger partial charge is 0.338 e. The Morgan fingerprint density at radius 3 is 2.67 bits per heavy atom. The first-order chi connectivity index (χ1) is 10.1. The van der Waals surface area contributed by atoms with E-state index in [-0.39, 0.29) is 6.61 Å². The summed E-state index contributed by atoms with van der Waals surface area (Å²) in [5.74, 6) is -0.818. The Balaban J connectivity index is 2.20. The van der Waals surface area contributed by atoms with Gasteiger partial charge in [-0.3, -0.25) is 0 Å². The zero-order valence-corrected chi connectivity index (χ0v) is 12.1. The first kappa shape index (κ1) is 15.8.